The van der Waals surface area contributed by atoms with Crippen molar-refractivity contribution in [2.24, 2.45) is 5.92 Å². The summed E-state index contributed by atoms with van der Waals surface area (Å²) in [6.07, 6.45) is 7.95. The van der Waals surface area contributed by atoms with Crippen molar-refractivity contribution in [3.05, 3.63) is 59.7 Å². The van der Waals surface area contributed by atoms with Gasteiger partial charge in [0.2, 0.25) is 0 Å². The predicted octanol–water partition coefficient (Wildman–Crippen LogP) is 6.01. The van der Waals surface area contributed by atoms with Gasteiger partial charge in [-0.3, -0.25) is 0 Å². The van der Waals surface area contributed by atoms with Gasteiger partial charge in [-0.25, -0.2) is 9.37 Å². The van der Waals surface area contributed by atoms with Crippen molar-refractivity contribution in [3.63, 3.8) is 0 Å². The highest BCUT2D eigenvalue weighted by atomic mass is 19.1. The van der Waals surface area contributed by atoms with E-state index in [4.69, 9.17) is 4.42 Å². The van der Waals surface area contributed by atoms with E-state index in [0.717, 1.165) is 28.1 Å². The average molecular weight is 338 g/mol. The summed E-state index contributed by atoms with van der Waals surface area (Å²) in [7, 11) is 0. The molecule has 1 unspecified atom stereocenters. The number of nitrogens with one attached hydrogen (secondary N) is 1. The molecule has 0 saturated heterocycles. The third kappa shape index (κ3) is 3.26. The van der Waals surface area contributed by atoms with Crippen LogP contribution in [0.4, 0.5) is 10.2 Å². The minimum Gasteiger partial charge on any atom is -0.459 e. The van der Waals surface area contributed by atoms with Crippen LogP contribution in [0, 0.1) is 18.7 Å². The van der Waals surface area contributed by atoms with Crippen molar-refractivity contribution in [1.82, 2.24) is 4.98 Å². The van der Waals surface area contributed by atoms with Gasteiger partial charge in [-0.1, -0.05) is 25.3 Å². The fourth-order valence-electron chi connectivity index (χ4n) is 3.98. The number of rotatable bonds is 4. The lowest BCUT2D eigenvalue weighted by Crippen LogP contribution is -2.23. The first-order valence-electron chi connectivity index (χ1n) is 9.08. The Morgan fingerprint density at radius 3 is 2.76 bits per heavy atom. The van der Waals surface area contributed by atoms with Crippen molar-refractivity contribution < 1.29 is 8.81 Å². The fourth-order valence-corrected chi connectivity index (χ4v) is 3.98. The molecule has 0 bridgehead atoms. The lowest BCUT2D eigenvalue weighted by atomic mass is 9.82. The van der Waals surface area contributed by atoms with Crippen LogP contribution in [-0.4, -0.2) is 4.98 Å². The van der Waals surface area contributed by atoms with Gasteiger partial charge in [-0.05, 0) is 56.0 Å². The van der Waals surface area contributed by atoms with Gasteiger partial charge in [-0.15, -0.1) is 0 Å². The van der Waals surface area contributed by atoms with Gasteiger partial charge in [0.25, 0.3) is 0 Å². The van der Waals surface area contributed by atoms with Crippen molar-refractivity contribution in [1.29, 1.82) is 0 Å². The second-order valence-electron chi connectivity index (χ2n) is 6.97. The smallest absolute Gasteiger partial charge is 0.134 e. The van der Waals surface area contributed by atoms with Crippen molar-refractivity contribution in [2.75, 3.05) is 5.32 Å². The van der Waals surface area contributed by atoms with E-state index in [2.05, 4.69) is 10.3 Å². The number of halogens is 1. The van der Waals surface area contributed by atoms with E-state index in [-0.39, 0.29) is 11.9 Å². The van der Waals surface area contributed by atoms with Crippen molar-refractivity contribution in [2.45, 2.75) is 45.1 Å². The summed E-state index contributed by atoms with van der Waals surface area (Å²) in [5, 5.41) is 4.44. The van der Waals surface area contributed by atoms with Crippen LogP contribution in [0.15, 0.2) is 47.0 Å². The molecule has 0 amide bonds. The van der Waals surface area contributed by atoms with Crippen LogP contribution >= 0.6 is 0 Å². The normalized spacial score (nSPS) is 16.9. The molecule has 0 spiro atoms. The molecule has 3 aromatic rings. The number of benzene rings is 1. The number of pyridine rings is 1. The first-order valence-corrected chi connectivity index (χ1v) is 9.08. The topological polar surface area (TPSA) is 38.1 Å². The standard InChI is InChI=1S/C21H23FN2O/c1-14-17-13-16(22)10-11-18(17)25-21(14)20(15-7-3-2-4-8-15)24-19-9-5-6-12-23-19/h5-6,9-13,15,20H,2-4,7-8H2,1H3,(H,23,24). The van der Waals surface area contributed by atoms with E-state index in [0.29, 0.717) is 5.92 Å². The molecule has 4 heteroatoms. The molecule has 1 aromatic carbocycles. The van der Waals surface area contributed by atoms with Crippen molar-refractivity contribution >= 4 is 16.8 Å². The fraction of sp³-hybridized carbons (Fsp3) is 0.381. The number of nitrogens with zero attached hydrogens (tertiary/aromatic N) is 1. The molecule has 2 heterocycles. The zero-order chi connectivity index (χ0) is 17.2. The summed E-state index contributed by atoms with van der Waals surface area (Å²) < 4.78 is 19.8. The summed E-state index contributed by atoms with van der Waals surface area (Å²) in [5.41, 5.74) is 1.77. The molecule has 1 N–H and O–H groups in total. The summed E-state index contributed by atoms with van der Waals surface area (Å²) >= 11 is 0. The Bertz CT molecular complexity index is 853. The molecule has 1 aliphatic rings. The molecular formula is C21H23FN2O. The number of aromatic nitrogens is 1. The quantitative estimate of drug-likeness (QED) is 0.633. The van der Waals surface area contributed by atoms with Gasteiger partial charge >= 0.3 is 0 Å². The number of hydrogen-bond acceptors (Lipinski definition) is 3. The summed E-state index contributed by atoms with van der Waals surface area (Å²) in [5.74, 6) is 2.04. The Morgan fingerprint density at radius 2 is 2.00 bits per heavy atom. The minimum atomic E-state index is -0.227. The summed E-state index contributed by atoms with van der Waals surface area (Å²) in [4.78, 5) is 4.42. The molecule has 2 aromatic heterocycles. The minimum absolute atomic E-state index is 0.0608. The van der Waals surface area contributed by atoms with Gasteiger partial charge in [0.1, 0.15) is 23.0 Å². The van der Waals surface area contributed by atoms with Crippen LogP contribution in [-0.2, 0) is 0 Å². The molecule has 0 aliphatic heterocycles. The third-order valence-electron chi connectivity index (χ3n) is 5.31. The monoisotopic (exact) mass is 338 g/mol. The lowest BCUT2D eigenvalue weighted by molar-refractivity contribution is 0.296. The van der Waals surface area contributed by atoms with E-state index in [1.807, 2.05) is 25.1 Å². The van der Waals surface area contributed by atoms with E-state index in [1.54, 1.807) is 18.3 Å². The number of furan rings is 1. The molecule has 0 radical (unpaired) electrons. The van der Waals surface area contributed by atoms with Crippen molar-refractivity contribution in [3.8, 4) is 0 Å². The van der Waals surface area contributed by atoms with E-state index >= 15 is 0 Å². The Kier molecular flexibility index (Phi) is 4.43. The first-order chi connectivity index (χ1) is 12.2. The van der Waals surface area contributed by atoms with Gasteiger partial charge in [0.05, 0.1) is 6.04 Å². The number of anilines is 1. The third-order valence-corrected chi connectivity index (χ3v) is 5.31. The highest BCUT2D eigenvalue weighted by Crippen LogP contribution is 2.40. The van der Waals surface area contributed by atoms with E-state index in [9.17, 15) is 4.39 Å². The molecule has 25 heavy (non-hydrogen) atoms. The Morgan fingerprint density at radius 1 is 1.16 bits per heavy atom. The molecule has 4 rings (SSSR count). The highest BCUT2D eigenvalue weighted by molar-refractivity contribution is 5.82. The number of fused-ring (bicyclic) bond motifs is 1. The highest BCUT2D eigenvalue weighted by Gasteiger charge is 2.30. The molecule has 3 nitrogen and oxygen atoms in total. The average Bonchev–Trinajstić information content (AvgIpc) is 2.97. The number of aryl methyl sites for hydroxylation is 1. The Hall–Kier alpha value is -2.36. The predicted molar refractivity (Wildman–Crippen MR) is 98.1 cm³/mol. The molecule has 1 atom stereocenters. The number of hydrogen-bond donors (Lipinski definition) is 1. The summed E-state index contributed by atoms with van der Waals surface area (Å²) in [6, 6.07) is 10.7. The van der Waals surface area contributed by atoms with Gasteiger partial charge in [-0.2, -0.15) is 0 Å². The lowest BCUT2D eigenvalue weighted by Gasteiger charge is -2.30. The Balaban J connectivity index is 1.75. The molecule has 1 aliphatic carbocycles. The van der Waals surface area contributed by atoms with E-state index < -0.39 is 0 Å². The second-order valence-corrected chi connectivity index (χ2v) is 6.97. The van der Waals surface area contributed by atoms with E-state index in [1.165, 1.54) is 38.2 Å². The van der Waals surface area contributed by atoms with Gasteiger partial charge in [0.15, 0.2) is 0 Å². The van der Waals surface area contributed by atoms with Crippen LogP contribution in [0.5, 0.6) is 0 Å². The van der Waals surface area contributed by atoms with Crippen LogP contribution in [0.25, 0.3) is 11.0 Å². The SMILES string of the molecule is Cc1c(C(Nc2ccccn2)C2CCCCC2)oc2ccc(F)cc12. The Labute approximate surface area is 147 Å². The summed E-state index contributed by atoms with van der Waals surface area (Å²) in [6.45, 7) is 2.02. The zero-order valence-electron chi connectivity index (χ0n) is 14.5. The zero-order valence-corrected chi connectivity index (χ0v) is 14.5. The maximum Gasteiger partial charge on any atom is 0.134 e. The van der Waals surface area contributed by atoms with Crippen LogP contribution < -0.4 is 5.32 Å². The second kappa shape index (κ2) is 6.87. The molecule has 130 valence electrons. The molecule has 1 saturated carbocycles. The van der Waals surface area contributed by atoms with Crippen LogP contribution in [0.1, 0.15) is 49.5 Å². The van der Waals surface area contributed by atoms with Crippen LogP contribution in [0.2, 0.25) is 0 Å². The largest absolute Gasteiger partial charge is 0.459 e. The maximum atomic E-state index is 13.7. The van der Waals surface area contributed by atoms with Gasteiger partial charge in [0, 0.05) is 17.1 Å². The molecule has 1 fully saturated rings. The van der Waals surface area contributed by atoms with Crippen LogP contribution in [0.3, 0.4) is 0 Å². The first kappa shape index (κ1) is 16.1. The maximum absolute atomic E-state index is 13.7. The van der Waals surface area contributed by atoms with Gasteiger partial charge < -0.3 is 9.73 Å². The molecular weight excluding hydrogens is 315 g/mol.